The average molecular weight is 465 g/mol. The predicted octanol–water partition coefficient (Wildman–Crippen LogP) is 3.30. The van der Waals surface area contributed by atoms with Gasteiger partial charge in [0.25, 0.3) is 17.7 Å². The molecule has 0 N–H and O–H groups in total. The zero-order valence-corrected chi connectivity index (χ0v) is 19.4. The van der Waals surface area contributed by atoms with Crippen molar-refractivity contribution in [2.75, 3.05) is 26.8 Å². The summed E-state index contributed by atoms with van der Waals surface area (Å²) >= 11 is 0. The number of amides is 3. The van der Waals surface area contributed by atoms with Crippen LogP contribution in [0.1, 0.15) is 62.8 Å². The Morgan fingerprint density at radius 2 is 1.74 bits per heavy atom. The maximum absolute atomic E-state index is 13.5. The molecule has 1 fully saturated rings. The number of carbonyl (C=O) groups is 4. The van der Waals surface area contributed by atoms with Crippen LogP contribution >= 0.6 is 0 Å². The third-order valence-electron chi connectivity index (χ3n) is 6.07. The summed E-state index contributed by atoms with van der Waals surface area (Å²) in [5.41, 5.74) is 1.73. The second kappa shape index (κ2) is 10.1. The molecule has 8 heteroatoms. The van der Waals surface area contributed by atoms with E-state index in [0.29, 0.717) is 47.1 Å². The van der Waals surface area contributed by atoms with Crippen LogP contribution in [0.25, 0.3) is 0 Å². The number of hydrogen-bond donors (Lipinski definition) is 0. The molecule has 2 aliphatic rings. The summed E-state index contributed by atoms with van der Waals surface area (Å²) in [6.07, 6.45) is 2.23. The Kier molecular flexibility index (Phi) is 6.95. The fourth-order valence-electron chi connectivity index (χ4n) is 4.10. The van der Waals surface area contributed by atoms with E-state index in [9.17, 15) is 19.2 Å². The first-order chi connectivity index (χ1) is 16.4. The largest absolute Gasteiger partial charge is 0.496 e. The van der Waals surface area contributed by atoms with Gasteiger partial charge in [0.05, 0.1) is 43.4 Å². The zero-order chi connectivity index (χ0) is 24.2. The molecule has 0 radical (unpaired) electrons. The van der Waals surface area contributed by atoms with Gasteiger partial charge in [0.15, 0.2) is 0 Å². The van der Waals surface area contributed by atoms with Crippen LogP contribution in [0.5, 0.6) is 5.75 Å². The predicted molar refractivity (Wildman–Crippen MR) is 124 cm³/mol. The number of hydrogen-bond acceptors (Lipinski definition) is 6. The summed E-state index contributed by atoms with van der Waals surface area (Å²) in [6, 6.07) is 11.8. The van der Waals surface area contributed by atoms with E-state index in [1.807, 2.05) is 0 Å². The molecule has 1 heterocycles. The second-order valence-corrected chi connectivity index (χ2v) is 8.53. The van der Waals surface area contributed by atoms with Crippen LogP contribution in [0, 0.1) is 5.92 Å². The van der Waals surface area contributed by atoms with Gasteiger partial charge in [-0.3, -0.25) is 24.1 Å². The summed E-state index contributed by atoms with van der Waals surface area (Å²) < 4.78 is 10.4. The van der Waals surface area contributed by atoms with Crippen molar-refractivity contribution < 1.29 is 28.7 Å². The summed E-state index contributed by atoms with van der Waals surface area (Å²) in [4.78, 5) is 53.7. The van der Waals surface area contributed by atoms with Gasteiger partial charge in [0.1, 0.15) is 5.75 Å². The smallest absolute Gasteiger partial charge is 0.307 e. The van der Waals surface area contributed by atoms with Gasteiger partial charge in [0.2, 0.25) is 0 Å². The van der Waals surface area contributed by atoms with Crippen molar-refractivity contribution in [3.05, 3.63) is 64.7 Å². The maximum Gasteiger partial charge on any atom is 0.307 e. The molecular formula is C26H28N2O6. The number of rotatable bonds is 10. The van der Waals surface area contributed by atoms with E-state index in [1.54, 1.807) is 54.3 Å². The molecule has 1 saturated carbocycles. The van der Waals surface area contributed by atoms with Gasteiger partial charge in [-0.15, -0.1) is 0 Å². The molecule has 2 aromatic carbocycles. The highest BCUT2D eigenvalue weighted by molar-refractivity contribution is 6.21. The van der Waals surface area contributed by atoms with Gasteiger partial charge in [-0.1, -0.05) is 18.2 Å². The normalized spacial score (nSPS) is 14.7. The minimum Gasteiger partial charge on any atom is -0.496 e. The molecule has 178 valence electrons. The number of fused-ring (bicyclic) bond motifs is 1. The quantitative estimate of drug-likeness (QED) is 0.396. The Morgan fingerprint density at radius 3 is 2.32 bits per heavy atom. The first-order valence-electron chi connectivity index (χ1n) is 11.5. The summed E-state index contributed by atoms with van der Waals surface area (Å²) in [7, 11) is 1.49. The van der Waals surface area contributed by atoms with E-state index in [0.717, 1.165) is 12.8 Å². The molecule has 0 saturated heterocycles. The molecular weight excluding hydrogens is 436 g/mol. The SMILES string of the molecule is CCOC(=O)CCN(CC1CC1)C(=O)c1cc(CN2C(=O)c3ccccc3C2=O)ccc1OC. The lowest BCUT2D eigenvalue weighted by Gasteiger charge is -2.24. The van der Waals surface area contributed by atoms with Gasteiger partial charge in [-0.05, 0) is 55.5 Å². The van der Waals surface area contributed by atoms with Crippen molar-refractivity contribution in [2.45, 2.75) is 32.7 Å². The minimum atomic E-state index is -0.353. The van der Waals surface area contributed by atoms with E-state index >= 15 is 0 Å². The Labute approximate surface area is 198 Å². The van der Waals surface area contributed by atoms with Crippen molar-refractivity contribution in [3.8, 4) is 5.75 Å². The fourth-order valence-corrected chi connectivity index (χ4v) is 4.10. The molecule has 2 aromatic rings. The number of imide groups is 1. The van der Waals surface area contributed by atoms with Crippen LogP contribution in [0.15, 0.2) is 42.5 Å². The first kappa shape index (κ1) is 23.5. The van der Waals surface area contributed by atoms with Crippen molar-refractivity contribution >= 4 is 23.7 Å². The van der Waals surface area contributed by atoms with Crippen LogP contribution in [-0.2, 0) is 16.1 Å². The standard InChI is InChI=1S/C26H28N2O6/c1-3-34-23(29)12-13-27(15-17-8-9-17)24(30)21-14-18(10-11-22(21)33-2)16-28-25(31)19-6-4-5-7-20(19)26(28)32/h4-7,10-11,14,17H,3,8-9,12-13,15-16H2,1-2H3. The minimum absolute atomic E-state index is 0.0437. The van der Waals surface area contributed by atoms with Gasteiger partial charge in [-0.25, -0.2) is 0 Å². The monoisotopic (exact) mass is 464 g/mol. The molecule has 1 aliphatic carbocycles. The Bertz CT molecular complexity index is 1090. The molecule has 0 spiro atoms. The van der Waals surface area contributed by atoms with Crippen LogP contribution in [-0.4, -0.2) is 60.3 Å². The molecule has 1 aliphatic heterocycles. The van der Waals surface area contributed by atoms with Crippen molar-refractivity contribution in [1.82, 2.24) is 9.80 Å². The highest BCUT2D eigenvalue weighted by Crippen LogP contribution is 2.32. The Hall–Kier alpha value is -3.68. The van der Waals surface area contributed by atoms with Gasteiger partial charge >= 0.3 is 5.97 Å². The molecule has 0 unspecified atom stereocenters. The van der Waals surface area contributed by atoms with Crippen LogP contribution < -0.4 is 4.74 Å². The number of nitrogens with zero attached hydrogens (tertiary/aromatic N) is 2. The van der Waals surface area contributed by atoms with E-state index in [4.69, 9.17) is 9.47 Å². The summed E-state index contributed by atoms with van der Waals surface area (Å²) in [5.74, 6) is -0.477. The van der Waals surface area contributed by atoms with E-state index < -0.39 is 0 Å². The van der Waals surface area contributed by atoms with Gasteiger partial charge in [-0.2, -0.15) is 0 Å². The van der Waals surface area contributed by atoms with Gasteiger partial charge < -0.3 is 14.4 Å². The summed E-state index contributed by atoms with van der Waals surface area (Å²) in [5, 5.41) is 0. The number of benzene rings is 2. The molecule has 0 bridgehead atoms. The number of carbonyl (C=O) groups excluding carboxylic acids is 4. The number of esters is 1. The zero-order valence-electron chi connectivity index (χ0n) is 19.4. The average Bonchev–Trinajstić information content (AvgIpc) is 3.64. The molecule has 0 atom stereocenters. The lowest BCUT2D eigenvalue weighted by atomic mass is 10.1. The topological polar surface area (TPSA) is 93.2 Å². The van der Waals surface area contributed by atoms with E-state index in [-0.39, 0.29) is 43.2 Å². The highest BCUT2D eigenvalue weighted by atomic mass is 16.5. The third kappa shape index (κ3) is 4.95. The number of methoxy groups -OCH3 is 1. The number of ether oxygens (including phenoxy) is 2. The first-order valence-corrected chi connectivity index (χ1v) is 11.5. The fraction of sp³-hybridized carbons (Fsp3) is 0.385. The van der Waals surface area contributed by atoms with E-state index in [2.05, 4.69) is 0 Å². The molecule has 4 rings (SSSR count). The lowest BCUT2D eigenvalue weighted by Crippen LogP contribution is -2.35. The Morgan fingerprint density at radius 1 is 1.06 bits per heavy atom. The van der Waals surface area contributed by atoms with Crippen molar-refractivity contribution in [1.29, 1.82) is 0 Å². The van der Waals surface area contributed by atoms with Gasteiger partial charge in [0, 0.05) is 13.1 Å². The van der Waals surface area contributed by atoms with Crippen molar-refractivity contribution in [2.24, 2.45) is 5.92 Å². The van der Waals surface area contributed by atoms with E-state index in [1.165, 1.54) is 12.0 Å². The third-order valence-corrected chi connectivity index (χ3v) is 6.07. The van der Waals surface area contributed by atoms with Crippen molar-refractivity contribution in [3.63, 3.8) is 0 Å². The molecule has 0 aromatic heterocycles. The van der Waals surface area contributed by atoms with Crippen LogP contribution in [0.4, 0.5) is 0 Å². The van der Waals surface area contributed by atoms with Crippen LogP contribution in [0.2, 0.25) is 0 Å². The highest BCUT2D eigenvalue weighted by Gasteiger charge is 2.35. The second-order valence-electron chi connectivity index (χ2n) is 8.53. The lowest BCUT2D eigenvalue weighted by molar-refractivity contribution is -0.143. The Balaban J connectivity index is 1.55. The van der Waals surface area contributed by atoms with Crippen LogP contribution in [0.3, 0.4) is 0 Å². The summed E-state index contributed by atoms with van der Waals surface area (Å²) in [6.45, 7) is 2.89. The molecule has 3 amide bonds. The molecule has 8 nitrogen and oxygen atoms in total. The maximum atomic E-state index is 13.5. The molecule has 34 heavy (non-hydrogen) atoms.